The number of H-pyrrole nitrogens is 2. The van der Waals surface area contributed by atoms with Gasteiger partial charge >= 0.3 is 0 Å². The van der Waals surface area contributed by atoms with Gasteiger partial charge in [0.2, 0.25) is 0 Å². The highest BCUT2D eigenvalue weighted by Crippen LogP contribution is 2.24. The molecule has 2 aromatic heterocycles. The minimum atomic E-state index is 0.530. The number of benzene rings is 1. The number of hydrogen-bond donors (Lipinski definition) is 3. The van der Waals surface area contributed by atoms with Crippen molar-refractivity contribution in [2.75, 3.05) is 5.73 Å². The standard InChI is InChI=1S/C12H13N5/c1-2-11-14-6-10(15-11)7-3-4-8-9(5-7)16-17-12(8)13/h3-6H,2H2,1H3,(H,14,15)(H3,13,16,17). The third-order valence-corrected chi connectivity index (χ3v) is 2.85. The van der Waals surface area contributed by atoms with Crippen LogP contribution in [0.5, 0.6) is 0 Å². The van der Waals surface area contributed by atoms with Crippen molar-refractivity contribution in [1.29, 1.82) is 0 Å². The predicted octanol–water partition coefficient (Wildman–Crippen LogP) is 2.10. The Hall–Kier alpha value is -2.30. The monoisotopic (exact) mass is 227 g/mol. The van der Waals surface area contributed by atoms with Crippen LogP contribution in [-0.4, -0.2) is 20.2 Å². The van der Waals surface area contributed by atoms with Crippen molar-refractivity contribution < 1.29 is 0 Å². The van der Waals surface area contributed by atoms with Crippen molar-refractivity contribution in [1.82, 2.24) is 20.2 Å². The molecule has 3 aromatic rings. The van der Waals surface area contributed by atoms with Crippen molar-refractivity contribution in [2.45, 2.75) is 13.3 Å². The lowest BCUT2D eigenvalue weighted by atomic mass is 10.1. The van der Waals surface area contributed by atoms with E-state index in [1.165, 1.54) is 0 Å². The van der Waals surface area contributed by atoms with E-state index in [-0.39, 0.29) is 0 Å². The summed E-state index contributed by atoms with van der Waals surface area (Å²) >= 11 is 0. The molecule has 0 atom stereocenters. The molecule has 0 saturated carbocycles. The molecule has 0 bridgehead atoms. The van der Waals surface area contributed by atoms with Gasteiger partial charge in [0.05, 0.1) is 11.2 Å². The predicted molar refractivity (Wildman–Crippen MR) is 67.5 cm³/mol. The average Bonchev–Trinajstić information content (AvgIpc) is 2.96. The zero-order valence-corrected chi connectivity index (χ0v) is 9.49. The highest BCUT2D eigenvalue weighted by molar-refractivity contribution is 5.91. The third-order valence-electron chi connectivity index (χ3n) is 2.85. The summed E-state index contributed by atoms with van der Waals surface area (Å²) in [6.45, 7) is 2.07. The number of rotatable bonds is 2. The number of nitrogen functional groups attached to an aromatic ring is 1. The fourth-order valence-electron chi connectivity index (χ4n) is 1.89. The van der Waals surface area contributed by atoms with E-state index in [2.05, 4.69) is 27.1 Å². The van der Waals surface area contributed by atoms with Gasteiger partial charge in [0, 0.05) is 23.6 Å². The molecule has 86 valence electrons. The normalized spacial score (nSPS) is 11.1. The third kappa shape index (κ3) is 1.56. The fourth-order valence-corrected chi connectivity index (χ4v) is 1.89. The maximum Gasteiger partial charge on any atom is 0.153 e. The lowest BCUT2D eigenvalue weighted by Gasteiger charge is -1.96. The summed E-state index contributed by atoms with van der Waals surface area (Å²) in [5, 5.41) is 7.83. The first-order chi connectivity index (χ1) is 8.28. The summed E-state index contributed by atoms with van der Waals surface area (Å²) in [5.41, 5.74) is 8.65. The molecule has 0 fully saturated rings. The van der Waals surface area contributed by atoms with Gasteiger partial charge in [0.1, 0.15) is 5.82 Å². The Kier molecular flexibility index (Phi) is 2.11. The second-order valence-corrected chi connectivity index (χ2v) is 3.96. The van der Waals surface area contributed by atoms with Crippen LogP contribution in [0.15, 0.2) is 24.4 Å². The first kappa shape index (κ1) is 9.89. The van der Waals surface area contributed by atoms with Crippen LogP contribution in [0.3, 0.4) is 0 Å². The fraction of sp³-hybridized carbons (Fsp3) is 0.167. The molecule has 0 aliphatic rings. The summed E-state index contributed by atoms with van der Waals surface area (Å²) in [6, 6.07) is 5.97. The molecule has 0 aliphatic carbocycles. The van der Waals surface area contributed by atoms with Crippen molar-refractivity contribution in [3.63, 3.8) is 0 Å². The molecular weight excluding hydrogens is 214 g/mol. The summed E-state index contributed by atoms with van der Waals surface area (Å²) in [5.74, 6) is 1.52. The summed E-state index contributed by atoms with van der Waals surface area (Å²) in [4.78, 5) is 7.64. The molecule has 5 heteroatoms. The molecule has 0 saturated heterocycles. The van der Waals surface area contributed by atoms with E-state index in [4.69, 9.17) is 5.73 Å². The van der Waals surface area contributed by atoms with Gasteiger partial charge in [-0.2, -0.15) is 5.10 Å². The van der Waals surface area contributed by atoms with Crippen molar-refractivity contribution in [3.05, 3.63) is 30.2 Å². The molecular formula is C12H13N5. The number of nitrogens with one attached hydrogen (secondary N) is 2. The molecule has 5 nitrogen and oxygen atoms in total. The van der Waals surface area contributed by atoms with Crippen LogP contribution >= 0.6 is 0 Å². The van der Waals surface area contributed by atoms with Gasteiger partial charge in [0.15, 0.2) is 5.82 Å². The molecule has 3 rings (SSSR count). The highest BCUT2D eigenvalue weighted by Gasteiger charge is 2.06. The minimum absolute atomic E-state index is 0.530. The zero-order chi connectivity index (χ0) is 11.8. The van der Waals surface area contributed by atoms with Crippen molar-refractivity contribution in [2.24, 2.45) is 0 Å². The molecule has 0 aliphatic heterocycles. The Morgan fingerprint density at radius 1 is 1.35 bits per heavy atom. The van der Waals surface area contributed by atoms with Gasteiger partial charge in [-0.1, -0.05) is 13.0 Å². The van der Waals surface area contributed by atoms with Crippen LogP contribution in [-0.2, 0) is 6.42 Å². The second-order valence-electron chi connectivity index (χ2n) is 3.96. The largest absolute Gasteiger partial charge is 0.382 e. The second kappa shape index (κ2) is 3.62. The molecule has 4 N–H and O–H groups in total. The first-order valence-electron chi connectivity index (χ1n) is 5.56. The quantitative estimate of drug-likeness (QED) is 0.626. The number of aromatic nitrogens is 4. The smallest absolute Gasteiger partial charge is 0.153 e. The van der Waals surface area contributed by atoms with E-state index in [0.717, 1.165) is 34.4 Å². The van der Waals surface area contributed by atoms with Gasteiger partial charge in [0.25, 0.3) is 0 Å². The molecule has 17 heavy (non-hydrogen) atoms. The number of aryl methyl sites for hydroxylation is 1. The molecule has 0 spiro atoms. The maximum atomic E-state index is 5.73. The van der Waals surface area contributed by atoms with E-state index in [9.17, 15) is 0 Å². The number of nitrogens with zero attached hydrogens (tertiary/aromatic N) is 2. The van der Waals surface area contributed by atoms with Crippen LogP contribution in [0.2, 0.25) is 0 Å². The zero-order valence-electron chi connectivity index (χ0n) is 9.49. The molecule has 2 heterocycles. The van der Waals surface area contributed by atoms with Gasteiger partial charge < -0.3 is 10.7 Å². The molecule has 1 aromatic carbocycles. The van der Waals surface area contributed by atoms with E-state index >= 15 is 0 Å². The average molecular weight is 227 g/mol. The number of imidazole rings is 1. The van der Waals surface area contributed by atoms with Gasteiger partial charge in [-0.05, 0) is 12.1 Å². The van der Waals surface area contributed by atoms with E-state index in [1.807, 2.05) is 24.4 Å². The minimum Gasteiger partial charge on any atom is -0.382 e. The Morgan fingerprint density at radius 2 is 2.24 bits per heavy atom. The number of aromatic amines is 2. The number of fused-ring (bicyclic) bond motifs is 1. The van der Waals surface area contributed by atoms with Crippen LogP contribution in [0.4, 0.5) is 5.82 Å². The SMILES string of the molecule is CCc1nc(-c2ccc3c(N)n[nH]c3c2)c[nH]1. The van der Waals surface area contributed by atoms with Crippen LogP contribution < -0.4 is 5.73 Å². The van der Waals surface area contributed by atoms with E-state index in [0.29, 0.717) is 5.82 Å². The lowest BCUT2D eigenvalue weighted by molar-refractivity contribution is 0.991. The summed E-state index contributed by atoms with van der Waals surface area (Å²) in [7, 11) is 0. The lowest BCUT2D eigenvalue weighted by Crippen LogP contribution is -1.84. The maximum absolute atomic E-state index is 5.73. The van der Waals surface area contributed by atoms with Gasteiger partial charge in [-0.25, -0.2) is 4.98 Å². The van der Waals surface area contributed by atoms with Crippen LogP contribution in [0.1, 0.15) is 12.7 Å². The van der Waals surface area contributed by atoms with Crippen molar-refractivity contribution in [3.8, 4) is 11.3 Å². The number of anilines is 1. The van der Waals surface area contributed by atoms with Gasteiger partial charge in [-0.15, -0.1) is 0 Å². The topological polar surface area (TPSA) is 83.4 Å². The van der Waals surface area contributed by atoms with Crippen molar-refractivity contribution >= 4 is 16.7 Å². The Labute approximate surface area is 98.1 Å². The van der Waals surface area contributed by atoms with Crippen LogP contribution in [0.25, 0.3) is 22.2 Å². The van der Waals surface area contributed by atoms with Crippen LogP contribution in [0, 0.1) is 0 Å². The molecule has 0 radical (unpaired) electrons. The summed E-state index contributed by atoms with van der Waals surface area (Å²) in [6.07, 6.45) is 2.82. The van der Waals surface area contributed by atoms with E-state index in [1.54, 1.807) is 0 Å². The Balaban J connectivity index is 2.11. The summed E-state index contributed by atoms with van der Waals surface area (Å²) < 4.78 is 0. The Morgan fingerprint density at radius 3 is 3.00 bits per heavy atom. The number of nitrogens with two attached hydrogens (primary N) is 1. The molecule has 0 amide bonds. The molecule has 0 unspecified atom stereocenters. The van der Waals surface area contributed by atoms with Gasteiger partial charge in [-0.3, -0.25) is 5.10 Å². The first-order valence-corrected chi connectivity index (χ1v) is 5.56. The van der Waals surface area contributed by atoms with E-state index < -0.39 is 0 Å². The Bertz CT molecular complexity index is 664. The number of hydrogen-bond acceptors (Lipinski definition) is 3. The highest BCUT2D eigenvalue weighted by atomic mass is 15.1.